The number of fused-ring (bicyclic) bond motifs is 1. The predicted octanol–water partition coefficient (Wildman–Crippen LogP) is 1.50. The van der Waals surface area contributed by atoms with E-state index in [1.165, 1.54) is 0 Å². The minimum absolute atomic E-state index is 0.0623. The van der Waals surface area contributed by atoms with Gasteiger partial charge >= 0.3 is 5.97 Å². The number of hydrogen-bond donors (Lipinski definition) is 2. The quantitative estimate of drug-likeness (QED) is 0.832. The number of aliphatic carboxylic acids is 1. The van der Waals surface area contributed by atoms with Crippen LogP contribution in [0.25, 0.3) is 0 Å². The van der Waals surface area contributed by atoms with Crippen molar-refractivity contribution >= 4 is 17.8 Å². The van der Waals surface area contributed by atoms with Crippen LogP contribution in [0.15, 0.2) is 24.3 Å². The summed E-state index contributed by atoms with van der Waals surface area (Å²) in [5.74, 6) is -1.77. The van der Waals surface area contributed by atoms with Crippen molar-refractivity contribution in [3.8, 4) is 0 Å². The van der Waals surface area contributed by atoms with Crippen LogP contribution in [0.5, 0.6) is 0 Å². The Balaban J connectivity index is 1.97. The van der Waals surface area contributed by atoms with E-state index in [9.17, 15) is 19.5 Å². The van der Waals surface area contributed by atoms with E-state index in [0.29, 0.717) is 25.9 Å². The van der Waals surface area contributed by atoms with Gasteiger partial charge in [0, 0.05) is 32.5 Å². The van der Waals surface area contributed by atoms with Crippen molar-refractivity contribution in [1.29, 1.82) is 0 Å². The van der Waals surface area contributed by atoms with E-state index in [1.54, 1.807) is 4.90 Å². The summed E-state index contributed by atoms with van der Waals surface area (Å²) in [6.45, 7) is 3.04. The topological polar surface area (TPSA) is 86.7 Å². The molecule has 124 valence electrons. The van der Waals surface area contributed by atoms with Crippen LogP contribution in [-0.4, -0.2) is 40.9 Å². The molecule has 0 spiro atoms. The van der Waals surface area contributed by atoms with Crippen molar-refractivity contribution in [2.75, 3.05) is 13.1 Å². The van der Waals surface area contributed by atoms with Crippen LogP contribution >= 0.6 is 0 Å². The Morgan fingerprint density at radius 1 is 1.26 bits per heavy atom. The number of nitrogens with one attached hydrogen (secondary N) is 1. The summed E-state index contributed by atoms with van der Waals surface area (Å²) >= 11 is 0. The Bertz CT molecular complexity index is 600. The number of carbonyl (C=O) groups is 3. The molecule has 0 saturated carbocycles. The standard InChI is InChI=1S/C17H22N2O4/c1-2-18-15(20)8-5-9-16(21)19-10-12-6-3-4-7-13(12)14(11-19)17(22)23/h3-4,6-7,14H,2,5,8-11H2,1H3,(H,18,20)(H,22,23). The van der Waals surface area contributed by atoms with Gasteiger partial charge in [-0.05, 0) is 24.5 Å². The number of nitrogens with zero attached hydrogens (tertiary/aromatic N) is 1. The molecule has 0 fully saturated rings. The molecule has 1 aromatic carbocycles. The molecule has 1 aliphatic rings. The number of benzene rings is 1. The van der Waals surface area contributed by atoms with Crippen molar-refractivity contribution in [3.05, 3.63) is 35.4 Å². The molecule has 1 atom stereocenters. The van der Waals surface area contributed by atoms with Gasteiger partial charge in [-0.1, -0.05) is 24.3 Å². The first-order chi connectivity index (χ1) is 11.0. The molecule has 23 heavy (non-hydrogen) atoms. The van der Waals surface area contributed by atoms with Crippen LogP contribution in [-0.2, 0) is 20.9 Å². The maximum absolute atomic E-state index is 12.3. The highest BCUT2D eigenvalue weighted by Gasteiger charge is 2.32. The molecule has 6 heteroatoms. The molecule has 6 nitrogen and oxygen atoms in total. The highest BCUT2D eigenvalue weighted by molar-refractivity contribution is 5.82. The third-order valence-electron chi connectivity index (χ3n) is 4.01. The Morgan fingerprint density at radius 3 is 2.70 bits per heavy atom. The van der Waals surface area contributed by atoms with E-state index in [0.717, 1.165) is 11.1 Å². The van der Waals surface area contributed by atoms with Crippen molar-refractivity contribution in [2.24, 2.45) is 0 Å². The SMILES string of the molecule is CCNC(=O)CCCC(=O)N1Cc2ccccc2C(C(=O)O)C1. The van der Waals surface area contributed by atoms with E-state index in [1.807, 2.05) is 31.2 Å². The minimum atomic E-state index is -0.919. The maximum Gasteiger partial charge on any atom is 0.312 e. The number of carboxylic acids is 1. The second-order valence-corrected chi connectivity index (χ2v) is 5.67. The zero-order valence-electron chi connectivity index (χ0n) is 13.2. The van der Waals surface area contributed by atoms with Gasteiger partial charge in [0.25, 0.3) is 0 Å². The molecule has 2 N–H and O–H groups in total. The third-order valence-corrected chi connectivity index (χ3v) is 4.01. The summed E-state index contributed by atoms with van der Waals surface area (Å²) in [5.41, 5.74) is 1.66. The summed E-state index contributed by atoms with van der Waals surface area (Å²) in [5, 5.41) is 12.1. The number of rotatable bonds is 6. The van der Waals surface area contributed by atoms with Crippen LogP contribution in [0.3, 0.4) is 0 Å². The maximum atomic E-state index is 12.3. The molecular weight excluding hydrogens is 296 g/mol. The van der Waals surface area contributed by atoms with Crippen LogP contribution in [0.1, 0.15) is 43.2 Å². The van der Waals surface area contributed by atoms with Gasteiger partial charge in [-0.25, -0.2) is 0 Å². The fraction of sp³-hybridized carbons (Fsp3) is 0.471. The average Bonchev–Trinajstić information content (AvgIpc) is 2.53. The Labute approximate surface area is 135 Å². The normalized spacial score (nSPS) is 16.6. The van der Waals surface area contributed by atoms with Gasteiger partial charge in [0.15, 0.2) is 0 Å². The zero-order chi connectivity index (χ0) is 16.8. The van der Waals surface area contributed by atoms with Crippen molar-refractivity contribution in [2.45, 2.75) is 38.6 Å². The Kier molecular flexibility index (Phi) is 5.73. The number of amides is 2. The van der Waals surface area contributed by atoms with Crippen LogP contribution < -0.4 is 5.32 Å². The molecule has 2 rings (SSSR count). The van der Waals surface area contributed by atoms with Gasteiger partial charge in [0.05, 0.1) is 5.92 Å². The highest BCUT2D eigenvalue weighted by Crippen LogP contribution is 2.28. The van der Waals surface area contributed by atoms with E-state index in [4.69, 9.17) is 0 Å². The molecule has 0 aliphatic carbocycles. The first-order valence-electron chi connectivity index (χ1n) is 7.88. The Morgan fingerprint density at radius 2 is 2.00 bits per heavy atom. The van der Waals surface area contributed by atoms with Crippen LogP contribution in [0.4, 0.5) is 0 Å². The molecule has 1 heterocycles. The molecule has 1 unspecified atom stereocenters. The lowest BCUT2D eigenvalue weighted by Gasteiger charge is -2.33. The highest BCUT2D eigenvalue weighted by atomic mass is 16.4. The smallest absolute Gasteiger partial charge is 0.312 e. The first kappa shape index (κ1) is 17.0. The predicted molar refractivity (Wildman–Crippen MR) is 84.8 cm³/mol. The number of hydrogen-bond acceptors (Lipinski definition) is 3. The number of carbonyl (C=O) groups excluding carboxylic acids is 2. The summed E-state index contributed by atoms with van der Waals surface area (Å²) in [6, 6.07) is 7.34. The van der Waals surface area contributed by atoms with Gasteiger partial charge in [-0.2, -0.15) is 0 Å². The summed E-state index contributed by atoms with van der Waals surface area (Å²) in [4.78, 5) is 36.8. The molecule has 2 amide bonds. The summed E-state index contributed by atoms with van der Waals surface area (Å²) < 4.78 is 0. The molecule has 0 aromatic heterocycles. The minimum Gasteiger partial charge on any atom is -0.481 e. The van der Waals surface area contributed by atoms with Gasteiger partial charge < -0.3 is 15.3 Å². The second-order valence-electron chi connectivity index (χ2n) is 5.67. The van der Waals surface area contributed by atoms with Crippen LogP contribution in [0, 0.1) is 0 Å². The lowest BCUT2D eigenvalue weighted by atomic mass is 9.89. The number of carboxylic acid groups (broad SMARTS) is 1. The van der Waals surface area contributed by atoms with E-state index < -0.39 is 11.9 Å². The second kappa shape index (κ2) is 7.76. The molecule has 1 aliphatic heterocycles. The van der Waals surface area contributed by atoms with E-state index in [-0.39, 0.29) is 24.8 Å². The van der Waals surface area contributed by atoms with Crippen molar-refractivity contribution in [1.82, 2.24) is 10.2 Å². The lowest BCUT2D eigenvalue weighted by molar-refractivity contribution is -0.141. The molecule has 1 aromatic rings. The summed E-state index contributed by atoms with van der Waals surface area (Å²) in [7, 11) is 0. The third kappa shape index (κ3) is 4.31. The fourth-order valence-corrected chi connectivity index (χ4v) is 2.85. The van der Waals surface area contributed by atoms with Crippen molar-refractivity contribution < 1.29 is 19.5 Å². The zero-order valence-corrected chi connectivity index (χ0v) is 13.2. The van der Waals surface area contributed by atoms with Gasteiger partial charge in [-0.3, -0.25) is 14.4 Å². The van der Waals surface area contributed by atoms with Crippen molar-refractivity contribution in [3.63, 3.8) is 0 Å². The van der Waals surface area contributed by atoms with Gasteiger partial charge in [0.1, 0.15) is 0 Å². The molecular formula is C17H22N2O4. The molecule has 0 bridgehead atoms. The Hall–Kier alpha value is -2.37. The van der Waals surface area contributed by atoms with E-state index in [2.05, 4.69) is 5.32 Å². The molecule has 0 radical (unpaired) electrons. The van der Waals surface area contributed by atoms with Gasteiger partial charge in [0.2, 0.25) is 11.8 Å². The average molecular weight is 318 g/mol. The summed E-state index contributed by atoms with van der Waals surface area (Å²) in [6.07, 6.45) is 1.04. The monoisotopic (exact) mass is 318 g/mol. The largest absolute Gasteiger partial charge is 0.481 e. The van der Waals surface area contributed by atoms with E-state index >= 15 is 0 Å². The lowest BCUT2D eigenvalue weighted by Crippen LogP contribution is -2.40. The molecule has 0 saturated heterocycles. The van der Waals surface area contributed by atoms with Crippen LogP contribution in [0.2, 0.25) is 0 Å². The van der Waals surface area contributed by atoms with Gasteiger partial charge in [-0.15, -0.1) is 0 Å². The fourth-order valence-electron chi connectivity index (χ4n) is 2.85. The first-order valence-corrected chi connectivity index (χ1v) is 7.88.